The molecule has 1 fully saturated rings. The first kappa shape index (κ1) is 17.3. The first-order valence-corrected chi connectivity index (χ1v) is 8.83. The Morgan fingerprint density at radius 1 is 1.14 bits per heavy atom. The number of methoxy groups -OCH3 is 1. The van der Waals surface area contributed by atoms with Crippen LogP contribution in [0.5, 0.6) is 0 Å². The highest BCUT2D eigenvalue weighted by Crippen LogP contribution is 2.36. The van der Waals surface area contributed by atoms with Crippen molar-refractivity contribution in [1.82, 2.24) is 0 Å². The smallest absolute Gasteiger partial charge is 0.337 e. The topological polar surface area (TPSA) is 44.8 Å². The Hall–Kier alpha value is -1.03. The monoisotopic (exact) mass is 310 g/mol. The van der Waals surface area contributed by atoms with Crippen LogP contribution in [0.3, 0.4) is 0 Å². The van der Waals surface area contributed by atoms with Crippen LogP contribution in [0.1, 0.15) is 64.7 Å². The maximum absolute atomic E-state index is 12.4. The lowest BCUT2D eigenvalue weighted by atomic mass is 9.90. The number of rotatable bonds is 3. The normalized spacial score (nSPS) is 30.6. The van der Waals surface area contributed by atoms with Crippen LogP contribution in [0.25, 0.3) is 0 Å². The van der Waals surface area contributed by atoms with E-state index in [1.807, 2.05) is 6.92 Å². The molecule has 1 aliphatic heterocycles. The SMILES string of the molecule is CCOC(=O)/C1=C2/OC[C@H](OC)[C@@H]2CCCCCCCCC1. The largest absolute Gasteiger partial charge is 0.494 e. The molecule has 0 saturated carbocycles. The molecule has 1 aliphatic carbocycles. The third-order valence-electron chi connectivity index (χ3n) is 4.75. The van der Waals surface area contributed by atoms with Gasteiger partial charge in [-0.15, -0.1) is 0 Å². The summed E-state index contributed by atoms with van der Waals surface area (Å²) in [6.07, 6.45) is 10.4. The highest BCUT2D eigenvalue weighted by Gasteiger charge is 2.37. The van der Waals surface area contributed by atoms with Crippen LogP contribution < -0.4 is 0 Å². The summed E-state index contributed by atoms with van der Waals surface area (Å²) >= 11 is 0. The summed E-state index contributed by atoms with van der Waals surface area (Å²) in [4.78, 5) is 12.4. The second-order valence-electron chi connectivity index (χ2n) is 6.27. The third-order valence-corrected chi connectivity index (χ3v) is 4.75. The van der Waals surface area contributed by atoms with E-state index in [1.54, 1.807) is 7.11 Å². The van der Waals surface area contributed by atoms with Gasteiger partial charge in [0.25, 0.3) is 0 Å². The van der Waals surface area contributed by atoms with Crippen LogP contribution in [-0.2, 0) is 19.0 Å². The second-order valence-corrected chi connectivity index (χ2v) is 6.27. The van der Waals surface area contributed by atoms with Crippen molar-refractivity contribution in [2.75, 3.05) is 20.3 Å². The van der Waals surface area contributed by atoms with Crippen molar-refractivity contribution in [3.8, 4) is 0 Å². The van der Waals surface area contributed by atoms with Gasteiger partial charge in [0.05, 0.1) is 12.2 Å². The van der Waals surface area contributed by atoms with Crippen molar-refractivity contribution in [1.29, 1.82) is 0 Å². The number of carbonyl (C=O) groups excluding carboxylic acids is 1. The molecule has 0 bridgehead atoms. The molecule has 22 heavy (non-hydrogen) atoms. The number of fused-ring (bicyclic) bond motifs is 1. The molecule has 1 heterocycles. The first-order valence-electron chi connectivity index (χ1n) is 8.83. The molecular weight excluding hydrogens is 280 g/mol. The lowest BCUT2D eigenvalue weighted by molar-refractivity contribution is -0.139. The Morgan fingerprint density at radius 2 is 1.82 bits per heavy atom. The van der Waals surface area contributed by atoms with Crippen molar-refractivity contribution in [3.05, 3.63) is 11.3 Å². The van der Waals surface area contributed by atoms with E-state index in [4.69, 9.17) is 14.2 Å². The average molecular weight is 310 g/mol. The minimum Gasteiger partial charge on any atom is -0.494 e. The molecule has 1 saturated heterocycles. The average Bonchev–Trinajstić information content (AvgIpc) is 2.90. The minimum absolute atomic E-state index is 0.0716. The zero-order chi connectivity index (χ0) is 15.8. The molecule has 2 atom stereocenters. The van der Waals surface area contributed by atoms with Gasteiger partial charge in [0.2, 0.25) is 0 Å². The van der Waals surface area contributed by atoms with Gasteiger partial charge in [-0.25, -0.2) is 4.79 Å². The summed E-state index contributed by atoms with van der Waals surface area (Å²) in [6, 6.07) is 0. The highest BCUT2D eigenvalue weighted by molar-refractivity contribution is 5.89. The first-order chi connectivity index (χ1) is 10.8. The Bertz CT molecular complexity index is 389. The van der Waals surface area contributed by atoms with Gasteiger partial charge in [-0.2, -0.15) is 0 Å². The molecule has 2 rings (SSSR count). The van der Waals surface area contributed by atoms with Crippen LogP contribution in [0.4, 0.5) is 0 Å². The summed E-state index contributed by atoms with van der Waals surface area (Å²) in [7, 11) is 1.73. The second kappa shape index (κ2) is 9.19. The Morgan fingerprint density at radius 3 is 2.50 bits per heavy atom. The third kappa shape index (κ3) is 4.48. The fourth-order valence-electron chi connectivity index (χ4n) is 3.52. The lowest BCUT2D eigenvalue weighted by Crippen LogP contribution is -2.22. The van der Waals surface area contributed by atoms with E-state index in [1.165, 1.54) is 38.5 Å². The molecule has 126 valence electrons. The number of carbonyl (C=O) groups is 1. The standard InChI is InChI=1S/C18H30O4/c1-3-21-18(19)15-12-10-8-6-4-5-7-9-11-14-16(20-2)13-22-17(14)15/h14,16H,3-13H2,1-2H3/b17-15+/t14-,16-/m0/s1. The van der Waals surface area contributed by atoms with Crippen molar-refractivity contribution in [2.24, 2.45) is 5.92 Å². The van der Waals surface area contributed by atoms with E-state index in [2.05, 4.69) is 0 Å². The van der Waals surface area contributed by atoms with Crippen molar-refractivity contribution >= 4 is 5.97 Å². The molecule has 0 aromatic rings. The van der Waals surface area contributed by atoms with Crippen LogP contribution in [0.2, 0.25) is 0 Å². The summed E-state index contributed by atoms with van der Waals surface area (Å²) in [5, 5.41) is 0. The fourth-order valence-corrected chi connectivity index (χ4v) is 3.52. The number of esters is 1. The molecule has 0 unspecified atom stereocenters. The molecule has 0 aromatic carbocycles. The Balaban J connectivity index is 2.22. The van der Waals surface area contributed by atoms with E-state index < -0.39 is 0 Å². The van der Waals surface area contributed by atoms with E-state index in [9.17, 15) is 4.79 Å². The number of ether oxygens (including phenoxy) is 3. The van der Waals surface area contributed by atoms with Gasteiger partial charge in [-0.05, 0) is 26.2 Å². The van der Waals surface area contributed by atoms with Crippen molar-refractivity contribution in [3.63, 3.8) is 0 Å². The van der Waals surface area contributed by atoms with E-state index >= 15 is 0 Å². The van der Waals surface area contributed by atoms with Gasteiger partial charge in [0.1, 0.15) is 18.5 Å². The van der Waals surface area contributed by atoms with Crippen molar-refractivity contribution in [2.45, 2.75) is 70.8 Å². The van der Waals surface area contributed by atoms with Gasteiger partial charge in [0.15, 0.2) is 0 Å². The molecular formula is C18H30O4. The molecule has 0 aromatic heterocycles. The summed E-state index contributed by atoms with van der Waals surface area (Å²) < 4.78 is 16.7. The zero-order valence-corrected chi connectivity index (χ0v) is 14.1. The Kier molecular flexibility index (Phi) is 7.23. The molecule has 4 nitrogen and oxygen atoms in total. The van der Waals surface area contributed by atoms with Gasteiger partial charge in [0, 0.05) is 13.0 Å². The molecule has 0 N–H and O–H groups in total. The minimum atomic E-state index is -0.198. The van der Waals surface area contributed by atoms with Crippen LogP contribution in [0.15, 0.2) is 11.3 Å². The Labute approximate surface area is 134 Å². The number of hydrogen-bond donors (Lipinski definition) is 0. The van der Waals surface area contributed by atoms with Crippen LogP contribution >= 0.6 is 0 Å². The van der Waals surface area contributed by atoms with Gasteiger partial charge >= 0.3 is 5.97 Å². The zero-order valence-electron chi connectivity index (χ0n) is 14.1. The maximum Gasteiger partial charge on any atom is 0.337 e. The molecule has 4 heteroatoms. The highest BCUT2D eigenvalue weighted by atomic mass is 16.6. The van der Waals surface area contributed by atoms with Gasteiger partial charge < -0.3 is 14.2 Å². The number of hydrogen-bond acceptors (Lipinski definition) is 4. The van der Waals surface area contributed by atoms with Crippen molar-refractivity contribution < 1.29 is 19.0 Å². The summed E-state index contributed by atoms with van der Waals surface area (Å²) in [5.41, 5.74) is 0.756. The van der Waals surface area contributed by atoms with Gasteiger partial charge in [-0.3, -0.25) is 0 Å². The molecule has 0 radical (unpaired) electrons. The lowest BCUT2D eigenvalue weighted by Gasteiger charge is -2.19. The molecule has 2 aliphatic rings. The summed E-state index contributed by atoms with van der Waals surface area (Å²) in [6.45, 7) is 2.82. The quantitative estimate of drug-likeness (QED) is 0.739. The predicted molar refractivity (Wildman–Crippen MR) is 85.5 cm³/mol. The van der Waals surface area contributed by atoms with E-state index in [0.29, 0.717) is 13.2 Å². The van der Waals surface area contributed by atoms with E-state index in [-0.39, 0.29) is 18.0 Å². The predicted octanol–water partition coefficient (Wildman–Crippen LogP) is 3.99. The van der Waals surface area contributed by atoms with E-state index in [0.717, 1.165) is 30.6 Å². The van der Waals surface area contributed by atoms with Gasteiger partial charge in [-0.1, -0.05) is 38.5 Å². The van der Waals surface area contributed by atoms with Crippen LogP contribution in [0, 0.1) is 5.92 Å². The molecule has 0 amide bonds. The fraction of sp³-hybridized carbons (Fsp3) is 0.833. The summed E-state index contributed by atoms with van der Waals surface area (Å²) in [5.74, 6) is 0.867. The molecule has 0 spiro atoms. The van der Waals surface area contributed by atoms with Crippen LogP contribution in [-0.4, -0.2) is 32.4 Å². The maximum atomic E-state index is 12.4.